The number of rotatable bonds is 21. The van der Waals surface area contributed by atoms with Crippen molar-refractivity contribution in [2.45, 2.75) is 36.5 Å². The number of halogens is 4. The topological polar surface area (TPSA) is 253 Å². The average molecular weight is 1480 g/mol. The van der Waals surface area contributed by atoms with Gasteiger partial charge in [0.15, 0.2) is 11.4 Å². The van der Waals surface area contributed by atoms with Crippen LogP contribution in [0.4, 0.5) is 11.4 Å². The molecule has 2 heterocycles. The molecule has 0 aliphatic carbocycles. The standard InChI is InChI=1S/C25H29ClN6O3S2.C22H27ClN4O3S.C4H6N2S2.2HI.V/c1-18-15-24(22-16-19(26)5-10-23(22)31-18)28-12-14-32(13-4-11-29-25(36-3)30-17-27)37(33,34)21-8-6-20(35-2)7-9-21;1-16-14-22(20-15-17(23)4-9-21(20)26-16)25-11-13-27(12-3-10-24)31(28,29)19-7-5-18(30-2)6-8-19;1-7-4(8-2)6-3-5;;;/h5-10,15-16H,4,11-14H2,1-3H3,(H,28,31)(H,29,30);4-9,14-15H,3,10-13,24H2,1-2H3,(H,25,26);1-2H3;2*1H;/q;;;;;+2/p-2. The van der Waals surface area contributed by atoms with Crippen molar-refractivity contribution in [3.63, 3.8) is 0 Å². The van der Waals surface area contributed by atoms with E-state index in [1.54, 1.807) is 61.8 Å². The van der Waals surface area contributed by atoms with Crippen molar-refractivity contribution in [3.8, 4) is 23.9 Å². The van der Waals surface area contributed by atoms with Crippen LogP contribution in [0.1, 0.15) is 24.2 Å². The van der Waals surface area contributed by atoms with Gasteiger partial charge in [-0.15, -0.1) is 23.5 Å². The van der Waals surface area contributed by atoms with Crippen LogP contribution in [-0.2, 0) is 29.5 Å². The first-order valence-corrected chi connectivity index (χ1v) is 40.0. The van der Waals surface area contributed by atoms with E-state index in [2.05, 4.69) is 75.9 Å². The number of thioether (sulfide) groups is 3. The predicted molar refractivity (Wildman–Crippen MR) is 344 cm³/mol. The van der Waals surface area contributed by atoms with E-state index in [-0.39, 0.29) is 29.4 Å². The molecule has 0 amide bonds. The summed E-state index contributed by atoms with van der Waals surface area (Å²) in [6.07, 6.45) is 10.2. The number of ether oxygens (including phenoxy) is 2. The van der Waals surface area contributed by atoms with Crippen LogP contribution in [0.15, 0.2) is 117 Å². The molecule has 0 atom stereocenters. The summed E-state index contributed by atoms with van der Waals surface area (Å²) >= 11 is 21.4. The van der Waals surface area contributed by atoms with Crippen molar-refractivity contribution < 1.29 is 35.8 Å². The summed E-state index contributed by atoms with van der Waals surface area (Å²) in [5, 5.41) is 29.5. The Kier molecular flexibility index (Phi) is 33.2. The molecule has 0 fully saturated rings. The van der Waals surface area contributed by atoms with Crippen LogP contribution in [-0.4, -0.2) is 130 Å². The van der Waals surface area contributed by atoms with Crippen LogP contribution in [0.25, 0.3) is 21.8 Å². The maximum atomic E-state index is 13.5. The number of amidine groups is 1. The number of methoxy groups -OCH3 is 2. The third-order valence-electron chi connectivity index (χ3n) is 10.8. The summed E-state index contributed by atoms with van der Waals surface area (Å²) < 4.78 is 67.4. The minimum atomic E-state index is -3.77. The van der Waals surface area contributed by atoms with Crippen LogP contribution in [0.3, 0.4) is 0 Å². The number of anilines is 2. The third-order valence-corrected chi connectivity index (χ3v) is 17.6. The van der Waals surface area contributed by atoms with Crippen LogP contribution in [0, 0.1) is 36.8 Å². The number of nitriles is 2. The third kappa shape index (κ3) is 23.3. The van der Waals surface area contributed by atoms with Gasteiger partial charge in [-0.2, -0.15) is 24.1 Å². The zero-order valence-corrected chi connectivity index (χ0v) is 55.7. The number of pyridine rings is 2. The number of nitrogens with two attached hydrogens (primary N) is 1. The minimum absolute atomic E-state index is 0.185. The number of hydrogen-bond donors (Lipinski definition) is 4. The molecule has 6 rings (SSSR count). The second-order valence-electron chi connectivity index (χ2n) is 16.0. The average Bonchev–Trinajstić information content (AvgIpc) is 3.47. The number of aliphatic imine (C=N–C) groups is 2. The van der Waals surface area contributed by atoms with E-state index >= 15 is 0 Å². The normalized spacial score (nSPS) is 11.2. The predicted octanol–water partition coefficient (Wildman–Crippen LogP) is 11.5. The molecule has 0 unspecified atom stereocenters. The Labute approximate surface area is 516 Å². The molecule has 18 nitrogen and oxygen atoms in total. The molecule has 0 spiro atoms. The fourth-order valence-electron chi connectivity index (χ4n) is 7.20. The van der Waals surface area contributed by atoms with Crippen molar-refractivity contribution in [2.75, 3.05) is 96.0 Å². The zero-order chi connectivity index (χ0) is 58.4. The van der Waals surface area contributed by atoms with Gasteiger partial charge in [0.05, 0.1) is 35.0 Å². The number of nitrogens with one attached hydrogen (secondary N) is 3. The van der Waals surface area contributed by atoms with E-state index in [0.717, 1.165) is 48.9 Å². The Morgan fingerprint density at radius 1 is 0.696 bits per heavy atom. The number of sulfonamides is 2. The van der Waals surface area contributed by atoms with Gasteiger partial charge in [0.25, 0.3) is 0 Å². The summed E-state index contributed by atoms with van der Waals surface area (Å²) in [4.78, 5) is 17.3. The fourth-order valence-corrected chi connectivity index (χ4v) is 11.8. The Balaban J connectivity index is 0.000000353. The van der Waals surface area contributed by atoms with Crippen LogP contribution in [0.2, 0.25) is 10.0 Å². The molecule has 4 aromatic carbocycles. The van der Waals surface area contributed by atoms with E-state index in [1.807, 2.05) is 75.2 Å². The van der Waals surface area contributed by atoms with Crippen molar-refractivity contribution in [1.29, 1.82) is 10.5 Å². The molecular weight excluding hydrogens is 1410 g/mol. The summed E-state index contributed by atoms with van der Waals surface area (Å²) in [5.74, 6) is 1.18. The first kappa shape index (κ1) is 69.7. The van der Waals surface area contributed by atoms with E-state index in [0.29, 0.717) is 81.7 Å². The van der Waals surface area contributed by atoms with E-state index in [9.17, 15) is 16.8 Å². The summed E-state index contributed by atoms with van der Waals surface area (Å²) in [6, 6.07) is 27.6. The molecule has 79 heavy (non-hydrogen) atoms. The first-order chi connectivity index (χ1) is 37.9. The van der Waals surface area contributed by atoms with Crippen LogP contribution in [0.5, 0.6) is 11.5 Å². The molecule has 5 N–H and O–H groups in total. The van der Waals surface area contributed by atoms with Gasteiger partial charge in [-0.05, 0) is 149 Å². The van der Waals surface area contributed by atoms with Gasteiger partial charge < -0.3 is 25.8 Å². The molecule has 0 saturated carbocycles. The van der Waals surface area contributed by atoms with Crippen molar-refractivity contribution in [1.82, 2.24) is 23.9 Å². The summed E-state index contributed by atoms with van der Waals surface area (Å²) in [6.45, 7) is 6.52. The van der Waals surface area contributed by atoms with Crippen LogP contribution >= 0.6 is 98.4 Å². The van der Waals surface area contributed by atoms with E-state index in [4.69, 9.17) is 48.9 Å². The molecule has 2 aromatic heterocycles. The van der Waals surface area contributed by atoms with E-state index in [1.165, 1.54) is 63.1 Å². The summed E-state index contributed by atoms with van der Waals surface area (Å²) in [7, 11) is -3.73. The summed E-state index contributed by atoms with van der Waals surface area (Å²) in [5.41, 5.74) is 10.7. The molecule has 425 valence electrons. The molecule has 28 heteroatoms. The number of aromatic nitrogens is 2. The molecule has 0 aliphatic rings. The molecule has 0 aliphatic heterocycles. The van der Waals surface area contributed by atoms with Gasteiger partial charge in [-0.3, -0.25) is 20.3 Å². The van der Waals surface area contributed by atoms with E-state index < -0.39 is 20.0 Å². The van der Waals surface area contributed by atoms with Crippen molar-refractivity contribution in [3.05, 3.63) is 118 Å². The first-order valence-electron chi connectivity index (χ1n) is 23.7. The molecule has 0 radical (unpaired) electrons. The Morgan fingerprint density at radius 3 is 1.48 bits per heavy atom. The number of nitrogens with zero attached hydrogens (tertiary/aromatic N) is 8. The Morgan fingerprint density at radius 2 is 1.13 bits per heavy atom. The fraction of sp³-hybridized carbons (Fsp3) is 0.333. The molecule has 0 saturated heterocycles. The van der Waals surface area contributed by atoms with Gasteiger partial charge in [-0.25, -0.2) is 16.8 Å². The zero-order valence-electron chi connectivity index (χ0n) is 44.4. The van der Waals surface area contributed by atoms with Gasteiger partial charge >= 0.3 is 49.4 Å². The Bertz CT molecular complexity index is 3250. The second kappa shape index (κ2) is 37.6. The monoisotopic (exact) mass is 1470 g/mol. The molecular formula is C51H62Cl2I2N12O6S5V. The Hall–Kier alpha value is -3.53. The SMILES string of the molecule is COc1ccc(S(=O)(=O)N(CCCN)CCNc2cc(C)nc3ccc(Cl)cc23)cc1.COc1ccc(S(=O)(=O)N(CCCN=C(NC#N)SC)CCNc2cc(C)nc3ccc(Cl)cc23)cc1.CSC(=NC#N)SC.[I][V][I]. The quantitative estimate of drug-likeness (QED) is 0.0130. The van der Waals surface area contributed by atoms with Crippen LogP contribution < -0.4 is 31.2 Å². The van der Waals surface area contributed by atoms with Gasteiger partial charge in [0, 0.05) is 89.4 Å². The van der Waals surface area contributed by atoms with Crippen molar-refractivity contribution in [2.24, 2.45) is 15.7 Å². The van der Waals surface area contributed by atoms with Crippen molar-refractivity contribution >= 4 is 161 Å². The number of fused-ring (bicyclic) bond motifs is 2. The number of benzene rings is 4. The number of hydrogen-bond acceptors (Lipinski definition) is 18. The molecule has 6 aromatic rings. The van der Waals surface area contributed by atoms with Gasteiger partial charge in [0.2, 0.25) is 26.2 Å². The number of aryl methyl sites for hydroxylation is 2. The second-order valence-corrected chi connectivity index (χ2v) is 35.2. The molecule has 0 bridgehead atoms. The van der Waals surface area contributed by atoms with Gasteiger partial charge in [-0.1, -0.05) is 35.0 Å². The van der Waals surface area contributed by atoms with Gasteiger partial charge in [0.1, 0.15) is 15.9 Å². The maximum absolute atomic E-state index is 13.5.